The predicted octanol–water partition coefficient (Wildman–Crippen LogP) is 9.58. The molecule has 0 spiro atoms. The summed E-state index contributed by atoms with van der Waals surface area (Å²) in [5.74, 6) is -8.41. The van der Waals surface area contributed by atoms with E-state index >= 15 is 0 Å². The fourth-order valence-electron chi connectivity index (χ4n) is 6.39. The van der Waals surface area contributed by atoms with Crippen LogP contribution >= 0.6 is 0 Å². The highest BCUT2D eigenvalue weighted by molar-refractivity contribution is 5.90. The lowest BCUT2D eigenvalue weighted by atomic mass is 9.72. The first-order valence-corrected chi connectivity index (χ1v) is 15.2. The molecule has 1 fully saturated rings. The molecular formula is C35H34F6O4. The van der Waals surface area contributed by atoms with Crippen LogP contribution in [0.2, 0.25) is 0 Å². The highest BCUT2D eigenvalue weighted by Gasteiger charge is 2.32. The molecular weight excluding hydrogens is 598 g/mol. The molecule has 0 saturated heterocycles. The number of rotatable bonds is 9. The Kier molecular flexibility index (Phi) is 10.1. The summed E-state index contributed by atoms with van der Waals surface area (Å²) in [4.78, 5) is 12.8. The van der Waals surface area contributed by atoms with Gasteiger partial charge >= 0.3 is 5.97 Å². The van der Waals surface area contributed by atoms with Crippen molar-refractivity contribution in [1.29, 1.82) is 0 Å². The molecule has 0 aliphatic heterocycles. The third-order valence-electron chi connectivity index (χ3n) is 8.74. The number of allylic oxidation sites excluding steroid dienone is 2. The molecule has 4 nitrogen and oxygen atoms in total. The summed E-state index contributed by atoms with van der Waals surface area (Å²) >= 11 is 0. The van der Waals surface area contributed by atoms with Crippen molar-refractivity contribution in [3.05, 3.63) is 88.5 Å². The van der Waals surface area contributed by atoms with Crippen LogP contribution in [0.15, 0.2) is 42.5 Å². The third-order valence-corrected chi connectivity index (χ3v) is 8.74. The van der Waals surface area contributed by atoms with Crippen molar-refractivity contribution >= 4 is 11.5 Å². The van der Waals surface area contributed by atoms with Crippen molar-refractivity contribution < 1.29 is 45.3 Å². The zero-order valence-electron chi connectivity index (χ0n) is 25.0. The van der Waals surface area contributed by atoms with Gasteiger partial charge in [0.15, 0.2) is 34.8 Å². The Labute approximate surface area is 258 Å². The number of carbonyl (C=O) groups excluding carboxylic acids is 1. The van der Waals surface area contributed by atoms with Gasteiger partial charge in [-0.05, 0) is 107 Å². The molecule has 0 radical (unpaired) electrons. The number of hydrogen-bond donors (Lipinski definition) is 0. The normalized spacial score (nSPS) is 20.0. The van der Waals surface area contributed by atoms with Gasteiger partial charge in [-0.25, -0.2) is 22.4 Å². The van der Waals surface area contributed by atoms with Crippen molar-refractivity contribution in [2.24, 2.45) is 11.8 Å². The largest absolute Gasteiger partial charge is 0.491 e. The molecule has 0 aromatic heterocycles. The molecule has 240 valence electrons. The van der Waals surface area contributed by atoms with Crippen molar-refractivity contribution in [3.63, 3.8) is 0 Å². The second-order valence-corrected chi connectivity index (χ2v) is 11.3. The van der Waals surface area contributed by atoms with Crippen LogP contribution in [0.5, 0.6) is 11.5 Å². The topological polar surface area (TPSA) is 44.8 Å². The summed E-state index contributed by atoms with van der Waals surface area (Å²) in [5.41, 5.74) is -0.660. The summed E-state index contributed by atoms with van der Waals surface area (Å²) in [6.07, 6.45) is 6.22. The zero-order valence-corrected chi connectivity index (χ0v) is 25.0. The summed E-state index contributed by atoms with van der Waals surface area (Å²) < 4.78 is 104. The van der Waals surface area contributed by atoms with E-state index in [1.54, 1.807) is 19.9 Å². The van der Waals surface area contributed by atoms with Crippen molar-refractivity contribution in [2.45, 2.75) is 64.9 Å². The van der Waals surface area contributed by atoms with Crippen LogP contribution in [0.3, 0.4) is 0 Å². The van der Waals surface area contributed by atoms with E-state index in [4.69, 9.17) is 14.2 Å². The second kappa shape index (κ2) is 14.0. The molecule has 3 aromatic rings. The zero-order chi connectivity index (χ0) is 32.2. The van der Waals surface area contributed by atoms with Gasteiger partial charge in [0, 0.05) is 16.7 Å². The molecule has 2 aliphatic rings. The molecule has 1 unspecified atom stereocenters. The lowest BCUT2D eigenvalue weighted by Gasteiger charge is -2.35. The van der Waals surface area contributed by atoms with Gasteiger partial charge < -0.3 is 14.2 Å². The van der Waals surface area contributed by atoms with E-state index < -0.39 is 63.7 Å². The minimum Gasteiger partial charge on any atom is -0.491 e. The van der Waals surface area contributed by atoms with Gasteiger partial charge in [0.1, 0.15) is 6.10 Å². The van der Waals surface area contributed by atoms with Crippen LogP contribution in [0.25, 0.3) is 16.7 Å². The van der Waals surface area contributed by atoms with Crippen LogP contribution < -0.4 is 9.47 Å². The lowest BCUT2D eigenvalue weighted by molar-refractivity contribution is 0.0123. The maximum atomic E-state index is 15.0. The lowest BCUT2D eigenvalue weighted by Crippen LogP contribution is -2.28. The molecule has 3 aromatic carbocycles. The Hall–Kier alpha value is -3.95. The van der Waals surface area contributed by atoms with Crippen molar-refractivity contribution in [1.82, 2.24) is 0 Å². The maximum absolute atomic E-state index is 15.0. The van der Waals surface area contributed by atoms with Crippen LogP contribution in [-0.2, 0) is 4.74 Å². The Morgan fingerprint density at radius 2 is 1.18 bits per heavy atom. The summed E-state index contributed by atoms with van der Waals surface area (Å²) in [6, 6.07) is 7.22. The molecule has 10 heteroatoms. The van der Waals surface area contributed by atoms with E-state index in [1.165, 1.54) is 6.07 Å². The number of carbonyl (C=O) groups is 1. The number of benzene rings is 3. The summed E-state index contributed by atoms with van der Waals surface area (Å²) in [7, 11) is 0. The average Bonchev–Trinajstić information content (AvgIpc) is 3.04. The number of esters is 1. The van der Waals surface area contributed by atoms with E-state index in [9.17, 15) is 31.1 Å². The van der Waals surface area contributed by atoms with Gasteiger partial charge in [-0.2, -0.15) is 8.78 Å². The molecule has 0 bridgehead atoms. The minimum absolute atomic E-state index is 0.0902. The first-order chi connectivity index (χ1) is 21.6. The number of ether oxygens (including phenoxy) is 3. The van der Waals surface area contributed by atoms with Crippen LogP contribution in [-0.4, -0.2) is 25.3 Å². The first kappa shape index (κ1) is 32.4. The molecule has 1 saturated carbocycles. The van der Waals surface area contributed by atoms with Gasteiger partial charge in [0.25, 0.3) is 0 Å². The molecule has 0 amide bonds. The predicted molar refractivity (Wildman–Crippen MR) is 157 cm³/mol. The van der Waals surface area contributed by atoms with Crippen LogP contribution in [0.4, 0.5) is 26.3 Å². The molecule has 2 aliphatic carbocycles. The van der Waals surface area contributed by atoms with E-state index in [1.807, 2.05) is 6.08 Å². The fourth-order valence-corrected chi connectivity index (χ4v) is 6.39. The van der Waals surface area contributed by atoms with E-state index in [0.717, 1.165) is 49.1 Å². The Morgan fingerprint density at radius 3 is 1.73 bits per heavy atom. The third kappa shape index (κ3) is 6.70. The van der Waals surface area contributed by atoms with Crippen molar-refractivity contribution in [3.8, 4) is 22.6 Å². The Morgan fingerprint density at radius 1 is 0.644 bits per heavy atom. The molecule has 0 N–H and O–H groups in total. The van der Waals surface area contributed by atoms with E-state index in [-0.39, 0.29) is 30.3 Å². The molecule has 5 rings (SSSR count). The van der Waals surface area contributed by atoms with Crippen LogP contribution in [0, 0.1) is 46.7 Å². The number of halogens is 6. The Balaban J connectivity index is 1.18. The van der Waals surface area contributed by atoms with Crippen LogP contribution in [0.1, 0.15) is 74.7 Å². The molecule has 0 heterocycles. The highest BCUT2D eigenvalue weighted by Crippen LogP contribution is 2.42. The summed E-state index contributed by atoms with van der Waals surface area (Å²) in [5, 5.41) is 0. The quantitative estimate of drug-likeness (QED) is 0.174. The minimum atomic E-state index is -1.51. The number of hydrogen-bond acceptors (Lipinski definition) is 4. The summed E-state index contributed by atoms with van der Waals surface area (Å²) in [6.45, 7) is 3.62. The fraction of sp³-hybridized carbons (Fsp3) is 0.400. The monoisotopic (exact) mass is 632 g/mol. The van der Waals surface area contributed by atoms with Gasteiger partial charge in [-0.1, -0.05) is 12.1 Å². The first-order valence-electron chi connectivity index (χ1n) is 15.2. The van der Waals surface area contributed by atoms with Crippen molar-refractivity contribution in [2.75, 3.05) is 13.2 Å². The standard InChI is InChI=1S/C35H34F6O4/c1-3-43-27-17-15-23(29(36)33(27)40)21-7-5-19(6-8-21)20-9-11-22(12-10-20)45-35(42)26-14-13-24(30(37)32(26)39)25-16-18-28(44-4-2)34(41)31(25)38/h7,13-20,22H,3-6,8-12H2,1-2H3. The van der Waals surface area contributed by atoms with Gasteiger partial charge in [0.2, 0.25) is 11.6 Å². The highest BCUT2D eigenvalue weighted by atomic mass is 19.2. The molecule has 45 heavy (non-hydrogen) atoms. The second-order valence-electron chi connectivity index (χ2n) is 11.3. The van der Waals surface area contributed by atoms with Gasteiger partial charge in [0.05, 0.1) is 18.8 Å². The maximum Gasteiger partial charge on any atom is 0.341 e. The van der Waals surface area contributed by atoms with Gasteiger partial charge in [-0.15, -0.1) is 0 Å². The Bertz CT molecular complexity index is 1600. The SMILES string of the molecule is CCOc1ccc(C2=CCC(C3CCC(OC(=O)c4ccc(-c5ccc(OCC)c(F)c5F)c(F)c4F)CC3)CC2)c(F)c1F. The van der Waals surface area contributed by atoms with E-state index in [2.05, 4.69) is 0 Å². The molecule has 1 atom stereocenters. The van der Waals surface area contributed by atoms with E-state index in [0.29, 0.717) is 37.5 Å². The smallest absolute Gasteiger partial charge is 0.341 e. The average molecular weight is 633 g/mol. The van der Waals surface area contributed by atoms with Gasteiger partial charge in [-0.3, -0.25) is 0 Å².